The minimum atomic E-state index is -0.845. The molecule has 2 unspecified atom stereocenters. The van der Waals surface area contributed by atoms with E-state index >= 15 is 0 Å². The van der Waals surface area contributed by atoms with Crippen molar-refractivity contribution in [2.24, 2.45) is 5.92 Å². The summed E-state index contributed by atoms with van der Waals surface area (Å²) < 4.78 is 0. The zero-order chi connectivity index (χ0) is 7.44. The smallest absolute Gasteiger partial charge is 0.317 e. The van der Waals surface area contributed by atoms with Gasteiger partial charge in [0, 0.05) is 0 Å². The minimum Gasteiger partial charge on any atom is -0.480 e. The van der Waals surface area contributed by atoms with Crippen LogP contribution in [0, 0.1) is 5.92 Å². The van der Waals surface area contributed by atoms with Gasteiger partial charge in [-0.15, -0.1) is 6.58 Å². The fraction of sp³-hybridized carbons (Fsp3) is 0.500. The molecule has 0 radical (unpaired) electrons. The summed E-state index contributed by atoms with van der Waals surface area (Å²) in [5.41, 5.74) is 0. The number of carbonyl (C=O) groups is 1. The molecule has 1 N–H and O–H groups in total. The van der Waals surface area contributed by atoms with Gasteiger partial charge in [0.05, 0.1) is 0 Å². The maximum atomic E-state index is 10.2. The molecular weight excluding hydrogens is 184 g/mol. The molecule has 0 saturated heterocycles. The van der Waals surface area contributed by atoms with Crippen molar-refractivity contribution >= 4 is 21.9 Å². The number of alkyl halides is 1. The second-order valence-electron chi connectivity index (χ2n) is 1.83. The first-order chi connectivity index (χ1) is 4.09. The highest BCUT2D eigenvalue weighted by atomic mass is 79.9. The Balaban J connectivity index is 3.86. The number of halogens is 1. The average molecular weight is 193 g/mol. The predicted octanol–water partition coefficient (Wildman–Crippen LogP) is 1.66. The lowest BCUT2D eigenvalue weighted by Gasteiger charge is -2.07. The third kappa shape index (κ3) is 2.65. The highest BCUT2D eigenvalue weighted by Crippen LogP contribution is 2.12. The summed E-state index contributed by atoms with van der Waals surface area (Å²) in [5, 5.41) is 8.39. The molecular formula is C6H9BrO2. The highest BCUT2D eigenvalue weighted by Gasteiger charge is 2.17. The van der Waals surface area contributed by atoms with Crippen molar-refractivity contribution in [3.05, 3.63) is 12.7 Å². The third-order valence-electron chi connectivity index (χ3n) is 1.07. The van der Waals surface area contributed by atoms with Gasteiger partial charge in [-0.1, -0.05) is 28.9 Å². The van der Waals surface area contributed by atoms with Crippen molar-refractivity contribution < 1.29 is 9.90 Å². The Labute approximate surface area is 62.7 Å². The van der Waals surface area contributed by atoms with Crippen molar-refractivity contribution in [1.82, 2.24) is 0 Å². The summed E-state index contributed by atoms with van der Waals surface area (Å²) >= 11 is 3.00. The van der Waals surface area contributed by atoms with Gasteiger partial charge in [-0.05, 0) is 5.92 Å². The van der Waals surface area contributed by atoms with Gasteiger partial charge in [0.2, 0.25) is 0 Å². The molecule has 0 aromatic rings. The summed E-state index contributed by atoms with van der Waals surface area (Å²) in [6, 6.07) is 0. The molecule has 2 atom stereocenters. The van der Waals surface area contributed by atoms with Crippen LogP contribution >= 0.6 is 15.9 Å². The van der Waals surface area contributed by atoms with Crippen LogP contribution in [0.15, 0.2) is 12.7 Å². The van der Waals surface area contributed by atoms with Crippen LogP contribution in [0.1, 0.15) is 6.92 Å². The van der Waals surface area contributed by atoms with Crippen molar-refractivity contribution in [3.8, 4) is 0 Å². The number of carboxylic acids is 1. The van der Waals surface area contributed by atoms with Crippen LogP contribution in [0.5, 0.6) is 0 Å². The molecule has 0 spiro atoms. The molecule has 0 saturated carbocycles. The van der Waals surface area contributed by atoms with Gasteiger partial charge in [0.15, 0.2) is 0 Å². The highest BCUT2D eigenvalue weighted by molar-refractivity contribution is 9.10. The molecule has 0 aromatic heterocycles. The first kappa shape index (κ1) is 8.69. The summed E-state index contributed by atoms with van der Waals surface area (Å²) in [5.74, 6) is -0.870. The first-order valence-electron chi connectivity index (χ1n) is 2.59. The van der Waals surface area contributed by atoms with E-state index in [9.17, 15) is 4.79 Å². The lowest BCUT2D eigenvalue weighted by Crippen LogP contribution is -2.19. The number of rotatable bonds is 3. The number of carboxylic acid groups (broad SMARTS) is 1. The van der Waals surface area contributed by atoms with Crippen molar-refractivity contribution in [2.75, 3.05) is 0 Å². The van der Waals surface area contributed by atoms with Gasteiger partial charge in [-0.2, -0.15) is 0 Å². The monoisotopic (exact) mass is 192 g/mol. The van der Waals surface area contributed by atoms with E-state index in [4.69, 9.17) is 5.11 Å². The number of hydrogen-bond donors (Lipinski definition) is 1. The topological polar surface area (TPSA) is 37.3 Å². The van der Waals surface area contributed by atoms with E-state index in [0.717, 1.165) is 0 Å². The Morgan fingerprint density at radius 2 is 2.33 bits per heavy atom. The van der Waals surface area contributed by atoms with Crippen LogP contribution in [0.25, 0.3) is 0 Å². The predicted molar refractivity (Wildman–Crippen MR) is 39.7 cm³/mol. The van der Waals surface area contributed by atoms with Gasteiger partial charge in [-0.3, -0.25) is 4.79 Å². The summed E-state index contributed by atoms with van der Waals surface area (Å²) in [6.45, 7) is 5.26. The van der Waals surface area contributed by atoms with E-state index in [2.05, 4.69) is 22.5 Å². The second kappa shape index (κ2) is 3.67. The zero-order valence-corrected chi connectivity index (χ0v) is 6.76. The van der Waals surface area contributed by atoms with Crippen LogP contribution in [-0.2, 0) is 4.79 Å². The van der Waals surface area contributed by atoms with Crippen LogP contribution in [0.2, 0.25) is 0 Å². The molecule has 0 aliphatic rings. The van der Waals surface area contributed by atoms with E-state index in [1.807, 2.05) is 0 Å². The number of hydrogen-bond acceptors (Lipinski definition) is 1. The standard InChI is InChI=1S/C6H9BrO2/c1-3-4(2)5(7)6(8)9/h3-5H,1H2,2H3,(H,8,9). The van der Waals surface area contributed by atoms with Crippen LogP contribution < -0.4 is 0 Å². The third-order valence-corrected chi connectivity index (χ3v) is 2.29. The molecule has 0 bridgehead atoms. The Hall–Kier alpha value is -0.310. The van der Waals surface area contributed by atoms with Gasteiger partial charge < -0.3 is 5.11 Å². The molecule has 0 aliphatic heterocycles. The molecule has 2 nitrogen and oxygen atoms in total. The molecule has 0 fully saturated rings. The van der Waals surface area contributed by atoms with Crippen LogP contribution in [0.4, 0.5) is 0 Å². The molecule has 52 valence electrons. The molecule has 0 aliphatic carbocycles. The molecule has 3 heteroatoms. The summed E-state index contributed by atoms with van der Waals surface area (Å²) in [6.07, 6.45) is 1.60. The Morgan fingerprint density at radius 3 is 2.44 bits per heavy atom. The van der Waals surface area contributed by atoms with E-state index in [0.29, 0.717) is 0 Å². The zero-order valence-electron chi connectivity index (χ0n) is 5.17. The summed E-state index contributed by atoms with van der Waals surface area (Å²) in [4.78, 5) is 9.70. The first-order valence-corrected chi connectivity index (χ1v) is 3.50. The molecule has 0 amide bonds. The van der Waals surface area contributed by atoms with Crippen molar-refractivity contribution in [3.63, 3.8) is 0 Å². The van der Waals surface area contributed by atoms with Crippen molar-refractivity contribution in [1.29, 1.82) is 0 Å². The SMILES string of the molecule is C=CC(C)C(Br)C(=O)O. The Bertz CT molecular complexity index is 122. The average Bonchev–Trinajstić information content (AvgIpc) is 1.84. The maximum absolute atomic E-state index is 10.2. The summed E-state index contributed by atoms with van der Waals surface area (Å²) in [7, 11) is 0. The van der Waals surface area contributed by atoms with E-state index in [1.165, 1.54) is 0 Å². The normalized spacial score (nSPS) is 16.2. The van der Waals surface area contributed by atoms with E-state index in [-0.39, 0.29) is 5.92 Å². The lowest BCUT2D eigenvalue weighted by molar-refractivity contribution is -0.136. The largest absolute Gasteiger partial charge is 0.480 e. The van der Waals surface area contributed by atoms with Gasteiger partial charge in [0.1, 0.15) is 4.83 Å². The minimum absolute atomic E-state index is 0.0255. The molecule has 0 aromatic carbocycles. The van der Waals surface area contributed by atoms with Crippen LogP contribution in [-0.4, -0.2) is 15.9 Å². The maximum Gasteiger partial charge on any atom is 0.317 e. The quantitative estimate of drug-likeness (QED) is 0.546. The molecule has 0 heterocycles. The molecule has 9 heavy (non-hydrogen) atoms. The van der Waals surface area contributed by atoms with E-state index in [1.54, 1.807) is 13.0 Å². The number of allylic oxidation sites excluding steroid dienone is 1. The number of aliphatic carboxylic acids is 1. The van der Waals surface area contributed by atoms with Gasteiger partial charge in [-0.25, -0.2) is 0 Å². The van der Waals surface area contributed by atoms with Gasteiger partial charge >= 0.3 is 5.97 Å². The second-order valence-corrected chi connectivity index (χ2v) is 2.82. The Morgan fingerprint density at radius 1 is 1.89 bits per heavy atom. The van der Waals surface area contributed by atoms with Crippen LogP contribution in [0.3, 0.4) is 0 Å². The fourth-order valence-corrected chi connectivity index (χ4v) is 0.560. The Kier molecular flexibility index (Phi) is 3.54. The van der Waals surface area contributed by atoms with Crippen molar-refractivity contribution in [2.45, 2.75) is 11.8 Å². The molecule has 0 rings (SSSR count). The van der Waals surface area contributed by atoms with Gasteiger partial charge in [0.25, 0.3) is 0 Å². The van der Waals surface area contributed by atoms with E-state index < -0.39 is 10.8 Å². The lowest BCUT2D eigenvalue weighted by atomic mass is 10.1. The fourth-order valence-electron chi connectivity index (χ4n) is 0.344.